The van der Waals surface area contributed by atoms with Gasteiger partial charge in [-0.2, -0.15) is 0 Å². The molecule has 3 heteroatoms. The Balaban J connectivity index is 2.02. The molecule has 0 spiro atoms. The molecule has 1 aliphatic rings. The van der Waals surface area contributed by atoms with Crippen LogP contribution in [0.5, 0.6) is 5.75 Å². The molecule has 3 unspecified atom stereocenters. The van der Waals surface area contributed by atoms with E-state index < -0.39 is 0 Å². The zero-order valence-corrected chi connectivity index (χ0v) is 12.6. The van der Waals surface area contributed by atoms with Gasteiger partial charge in [0, 0.05) is 5.92 Å². The van der Waals surface area contributed by atoms with E-state index in [1.54, 1.807) is 0 Å². The zero-order valence-electron chi connectivity index (χ0n) is 11.5. The first-order chi connectivity index (χ1) is 9.36. The molecule has 1 aromatic rings. The minimum absolute atomic E-state index is 0.575. The predicted molar refractivity (Wildman–Crippen MR) is 84.5 cm³/mol. The van der Waals surface area contributed by atoms with Crippen LogP contribution in [0.25, 0.3) is 0 Å². The van der Waals surface area contributed by atoms with E-state index >= 15 is 0 Å². The van der Waals surface area contributed by atoms with Crippen LogP contribution in [0.1, 0.15) is 37.2 Å². The lowest BCUT2D eigenvalue weighted by Crippen LogP contribution is -2.26. The van der Waals surface area contributed by atoms with Crippen molar-refractivity contribution < 1.29 is 4.74 Å². The van der Waals surface area contributed by atoms with Crippen molar-refractivity contribution >= 4 is 9.39 Å². The molecule has 3 atom stereocenters. The maximum atomic E-state index is 5.92. The van der Waals surface area contributed by atoms with Crippen LogP contribution in [0.2, 0.25) is 0 Å². The number of para-hydroxylation sites is 1. The van der Waals surface area contributed by atoms with E-state index in [0.717, 1.165) is 25.3 Å². The number of unbranched alkanes of at least 4 members (excludes halogenated alkanes) is 1. The number of fused-ring (bicyclic) bond motifs is 1. The van der Waals surface area contributed by atoms with Gasteiger partial charge in [-0.25, -0.2) is 0 Å². The van der Waals surface area contributed by atoms with Crippen LogP contribution in [0.4, 0.5) is 0 Å². The van der Waals surface area contributed by atoms with E-state index in [4.69, 9.17) is 4.74 Å². The fourth-order valence-electron chi connectivity index (χ4n) is 2.90. The van der Waals surface area contributed by atoms with Crippen molar-refractivity contribution in [2.75, 3.05) is 13.2 Å². The Morgan fingerprint density at radius 3 is 3.00 bits per heavy atom. The van der Waals surface area contributed by atoms with Crippen LogP contribution in [0.3, 0.4) is 0 Å². The SMILES string of the molecule is C=CCC1c2ccccc2OCC1CCCCNP. The smallest absolute Gasteiger partial charge is 0.122 e. The van der Waals surface area contributed by atoms with Gasteiger partial charge < -0.3 is 9.82 Å². The van der Waals surface area contributed by atoms with E-state index in [2.05, 4.69) is 45.3 Å². The van der Waals surface area contributed by atoms with Gasteiger partial charge in [0.2, 0.25) is 0 Å². The summed E-state index contributed by atoms with van der Waals surface area (Å²) in [4.78, 5) is 0. The second-order valence-electron chi connectivity index (χ2n) is 5.19. The minimum atomic E-state index is 0.575. The number of nitrogens with one attached hydrogen (secondary N) is 1. The fourth-order valence-corrected chi connectivity index (χ4v) is 3.11. The molecule has 0 fully saturated rings. The van der Waals surface area contributed by atoms with Gasteiger partial charge in [-0.1, -0.05) is 40.1 Å². The maximum Gasteiger partial charge on any atom is 0.122 e. The molecular formula is C16H24NOP. The number of hydrogen-bond donors (Lipinski definition) is 1. The molecule has 19 heavy (non-hydrogen) atoms. The molecule has 0 saturated carbocycles. The molecule has 0 aromatic heterocycles. The molecule has 1 aliphatic heterocycles. The van der Waals surface area contributed by atoms with Crippen LogP contribution < -0.4 is 9.82 Å². The van der Waals surface area contributed by atoms with Gasteiger partial charge in [0.05, 0.1) is 6.61 Å². The molecule has 1 heterocycles. The Morgan fingerprint density at radius 1 is 1.37 bits per heavy atom. The summed E-state index contributed by atoms with van der Waals surface area (Å²) < 4.78 is 5.92. The summed E-state index contributed by atoms with van der Waals surface area (Å²) >= 11 is 0. The molecule has 0 amide bonds. The van der Waals surface area contributed by atoms with Crippen molar-refractivity contribution in [2.45, 2.75) is 31.6 Å². The van der Waals surface area contributed by atoms with Crippen LogP contribution in [-0.4, -0.2) is 13.2 Å². The molecule has 104 valence electrons. The highest BCUT2D eigenvalue weighted by atomic mass is 31.0. The quantitative estimate of drug-likeness (QED) is 0.463. The van der Waals surface area contributed by atoms with E-state index in [-0.39, 0.29) is 0 Å². The van der Waals surface area contributed by atoms with E-state index in [9.17, 15) is 0 Å². The second-order valence-corrected chi connectivity index (χ2v) is 5.60. The summed E-state index contributed by atoms with van der Waals surface area (Å²) in [5.74, 6) is 2.26. The van der Waals surface area contributed by atoms with E-state index in [1.165, 1.54) is 24.8 Å². The number of ether oxygens (including phenoxy) is 1. The van der Waals surface area contributed by atoms with Crippen LogP contribution in [-0.2, 0) is 0 Å². The summed E-state index contributed by atoms with van der Waals surface area (Å²) in [6.45, 7) is 5.84. The van der Waals surface area contributed by atoms with Gasteiger partial charge in [-0.05, 0) is 43.4 Å². The Bertz CT molecular complexity index is 407. The van der Waals surface area contributed by atoms with Crippen molar-refractivity contribution in [3.63, 3.8) is 0 Å². The molecule has 1 N–H and O–H groups in total. The Morgan fingerprint density at radius 2 is 2.21 bits per heavy atom. The molecule has 0 aliphatic carbocycles. The summed E-state index contributed by atoms with van der Waals surface area (Å²) in [5, 5.41) is 3.13. The van der Waals surface area contributed by atoms with Crippen molar-refractivity contribution in [3.8, 4) is 5.75 Å². The van der Waals surface area contributed by atoms with Crippen LogP contribution in [0.15, 0.2) is 36.9 Å². The lowest BCUT2D eigenvalue weighted by Gasteiger charge is -2.33. The number of rotatable bonds is 7. The molecule has 0 radical (unpaired) electrons. The highest BCUT2D eigenvalue weighted by Gasteiger charge is 2.29. The highest BCUT2D eigenvalue weighted by Crippen LogP contribution is 2.41. The van der Waals surface area contributed by atoms with Crippen molar-refractivity contribution in [3.05, 3.63) is 42.5 Å². The first-order valence-corrected chi connectivity index (χ1v) is 7.70. The number of benzene rings is 1. The third-order valence-electron chi connectivity index (χ3n) is 3.91. The molecular weight excluding hydrogens is 253 g/mol. The molecule has 2 rings (SSSR count). The van der Waals surface area contributed by atoms with Gasteiger partial charge >= 0.3 is 0 Å². The normalized spacial score (nSPS) is 21.5. The first kappa shape index (κ1) is 14.6. The molecule has 0 saturated heterocycles. The van der Waals surface area contributed by atoms with Gasteiger partial charge in [0.15, 0.2) is 0 Å². The van der Waals surface area contributed by atoms with Crippen LogP contribution in [0, 0.1) is 5.92 Å². The maximum absolute atomic E-state index is 5.92. The van der Waals surface area contributed by atoms with Crippen molar-refractivity contribution in [1.29, 1.82) is 0 Å². The highest BCUT2D eigenvalue weighted by molar-refractivity contribution is 7.13. The number of allylic oxidation sites excluding steroid dienone is 1. The van der Waals surface area contributed by atoms with Gasteiger partial charge in [0.25, 0.3) is 0 Å². The Labute approximate surface area is 118 Å². The summed E-state index contributed by atoms with van der Waals surface area (Å²) in [6, 6.07) is 8.45. The standard InChI is InChI=1S/C16H24NOP/c1-2-7-14-13(8-5-6-11-17-19)12-18-16-10-4-3-9-15(14)16/h2-4,9-10,13-14,17H,1,5-8,11-12,19H2. The molecule has 1 aromatic carbocycles. The van der Waals surface area contributed by atoms with Crippen LogP contribution >= 0.6 is 9.39 Å². The Kier molecular flexibility index (Phi) is 5.88. The molecule has 2 nitrogen and oxygen atoms in total. The van der Waals surface area contributed by atoms with Gasteiger partial charge in [-0.15, -0.1) is 6.58 Å². The number of hydrogen-bond acceptors (Lipinski definition) is 2. The largest absolute Gasteiger partial charge is 0.493 e. The average molecular weight is 277 g/mol. The summed E-state index contributed by atoms with van der Waals surface area (Å²) in [5.41, 5.74) is 1.36. The summed E-state index contributed by atoms with van der Waals surface area (Å²) in [6.07, 6.45) is 6.81. The van der Waals surface area contributed by atoms with E-state index in [0.29, 0.717) is 11.8 Å². The van der Waals surface area contributed by atoms with E-state index in [1.807, 2.05) is 6.08 Å². The minimum Gasteiger partial charge on any atom is -0.493 e. The zero-order chi connectivity index (χ0) is 13.5. The molecule has 0 bridgehead atoms. The monoisotopic (exact) mass is 277 g/mol. The van der Waals surface area contributed by atoms with Gasteiger partial charge in [0.1, 0.15) is 5.75 Å². The third-order valence-corrected chi connectivity index (χ3v) is 4.20. The topological polar surface area (TPSA) is 21.3 Å². The van der Waals surface area contributed by atoms with Gasteiger partial charge in [-0.3, -0.25) is 0 Å². The lowest BCUT2D eigenvalue weighted by atomic mass is 9.79. The third kappa shape index (κ3) is 3.81. The average Bonchev–Trinajstić information content (AvgIpc) is 2.45. The Hall–Kier alpha value is -0.850. The summed E-state index contributed by atoms with van der Waals surface area (Å²) in [7, 11) is 2.56. The first-order valence-electron chi connectivity index (χ1n) is 7.13. The lowest BCUT2D eigenvalue weighted by molar-refractivity contribution is 0.182. The fraction of sp³-hybridized carbons (Fsp3) is 0.500. The predicted octanol–water partition coefficient (Wildman–Crippen LogP) is 3.90. The van der Waals surface area contributed by atoms with Crippen molar-refractivity contribution in [1.82, 2.24) is 5.09 Å². The second kappa shape index (κ2) is 7.67. The van der Waals surface area contributed by atoms with Crippen molar-refractivity contribution in [2.24, 2.45) is 5.92 Å².